The van der Waals surface area contributed by atoms with Crippen LogP contribution >= 0.6 is 0 Å². The Kier molecular flexibility index (Phi) is 4.28. The third kappa shape index (κ3) is 3.05. The average Bonchev–Trinajstić information content (AvgIpc) is 2.28. The smallest absolute Gasteiger partial charge is 0.167 e. The molecule has 0 fully saturated rings. The van der Waals surface area contributed by atoms with E-state index in [0.717, 1.165) is 12.8 Å². The quantitative estimate of drug-likeness (QED) is 0.697. The Labute approximate surface area is 90.5 Å². The molecular weight excluding hydrogens is 190 g/mol. The van der Waals surface area contributed by atoms with E-state index in [1.807, 2.05) is 6.92 Å². The first-order chi connectivity index (χ1) is 7.19. The number of methoxy groups -OCH3 is 1. The van der Waals surface area contributed by atoms with Crippen LogP contribution in [0.5, 0.6) is 5.75 Å². The van der Waals surface area contributed by atoms with Gasteiger partial charge in [0, 0.05) is 17.7 Å². The minimum absolute atomic E-state index is 0.0592. The van der Waals surface area contributed by atoms with Crippen LogP contribution in [0.25, 0.3) is 0 Å². The molecule has 3 nitrogen and oxygen atoms in total. The molecule has 1 atom stereocenters. The number of pyridine rings is 1. The van der Waals surface area contributed by atoms with Gasteiger partial charge in [-0.2, -0.15) is 0 Å². The van der Waals surface area contributed by atoms with Crippen LogP contribution in [0.15, 0.2) is 18.5 Å². The van der Waals surface area contributed by atoms with Crippen LogP contribution in [0.3, 0.4) is 0 Å². The number of carbonyl (C=O) groups is 1. The van der Waals surface area contributed by atoms with Gasteiger partial charge >= 0.3 is 0 Å². The molecule has 0 aliphatic rings. The topological polar surface area (TPSA) is 39.2 Å². The number of ether oxygens (including phenoxy) is 1. The summed E-state index contributed by atoms with van der Waals surface area (Å²) in [5.41, 5.74) is 0.635. The van der Waals surface area contributed by atoms with Crippen LogP contribution in [-0.4, -0.2) is 17.9 Å². The van der Waals surface area contributed by atoms with Gasteiger partial charge in [0.25, 0.3) is 0 Å². The number of ketones is 1. The Morgan fingerprint density at radius 2 is 2.27 bits per heavy atom. The molecule has 0 amide bonds. The highest BCUT2D eigenvalue weighted by Crippen LogP contribution is 2.16. The second-order valence-electron chi connectivity index (χ2n) is 3.67. The zero-order valence-corrected chi connectivity index (χ0v) is 9.49. The summed E-state index contributed by atoms with van der Waals surface area (Å²) < 4.78 is 5.03. The Bertz CT molecular complexity index is 336. The molecule has 1 heterocycles. The van der Waals surface area contributed by atoms with Gasteiger partial charge in [-0.3, -0.25) is 9.78 Å². The van der Waals surface area contributed by atoms with E-state index in [9.17, 15) is 4.79 Å². The minimum atomic E-state index is 0.0592. The van der Waals surface area contributed by atoms with Gasteiger partial charge in [-0.1, -0.05) is 20.3 Å². The molecule has 1 rings (SSSR count). The van der Waals surface area contributed by atoms with Crippen LogP contribution in [0.4, 0.5) is 0 Å². The van der Waals surface area contributed by atoms with Crippen molar-refractivity contribution < 1.29 is 9.53 Å². The molecule has 82 valence electrons. The first kappa shape index (κ1) is 11.7. The summed E-state index contributed by atoms with van der Waals surface area (Å²) in [7, 11) is 1.57. The lowest BCUT2D eigenvalue weighted by Gasteiger charge is -2.09. The summed E-state index contributed by atoms with van der Waals surface area (Å²) in [5.74, 6) is 0.830. The van der Waals surface area contributed by atoms with E-state index in [2.05, 4.69) is 11.9 Å². The highest BCUT2D eigenvalue weighted by atomic mass is 16.5. The molecule has 0 saturated carbocycles. The summed E-state index contributed by atoms with van der Waals surface area (Å²) in [5, 5.41) is 0. The fourth-order valence-electron chi connectivity index (χ4n) is 1.51. The van der Waals surface area contributed by atoms with Gasteiger partial charge in [-0.25, -0.2) is 0 Å². The number of nitrogens with zero attached hydrogens (tertiary/aromatic N) is 1. The molecule has 0 radical (unpaired) electrons. The van der Waals surface area contributed by atoms with Gasteiger partial charge in [0.15, 0.2) is 5.78 Å². The lowest BCUT2D eigenvalue weighted by Crippen LogP contribution is -2.11. The van der Waals surface area contributed by atoms with E-state index in [-0.39, 0.29) is 11.7 Å². The standard InChI is InChI=1S/C12H17NO2/c1-4-5-9(2)12(14)10-6-11(15-3)8-13-7-10/h6-9H,4-5H2,1-3H3. The highest BCUT2D eigenvalue weighted by Gasteiger charge is 2.14. The average molecular weight is 207 g/mol. The molecule has 0 aliphatic carbocycles. The Morgan fingerprint density at radius 1 is 1.53 bits per heavy atom. The molecule has 0 spiro atoms. The second kappa shape index (κ2) is 5.49. The number of rotatable bonds is 5. The predicted octanol–water partition coefficient (Wildman–Crippen LogP) is 2.71. The largest absolute Gasteiger partial charge is 0.495 e. The van der Waals surface area contributed by atoms with Crippen molar-refractivity contribution in [3.8, 4) is 5.75 Å². The lowest BCUT2D eigenvalue weighted by molar-refractivity contribution is 0.0923. The lowest BCUT2D eigenvalue weighted by atomic mass is 9.96. The molecular formula is C12H17NO2. The van der Waals surface area contributed by atoms with Crippen LogP contribution < -0.4 is 4.74 Å². The van der Waals surface area contributed by atoms with Gasteiger partial charge in [0.1, 0.15) is 5.75 Å². The predicted molar refractivity (Wildman–Crippen MR) is 59.2 cm³/mol. The molecule has 0 aliphatic heterocycles. The maximum Gasteiger partial charge on any atom is 0.167 e. The monoisotopic (exact) mass is 207 g/mol. The third-order valence-corrected chi connectivity index (χ3v) is 2.40. The highest BCUT2D eigenvalue weighted by molar-refractivity contribution is 5.97. The zero-order chi connectivity index (χ0) is 11.3. The number of aromatic nitrogens is 1. The van der Waals surface area contributed by atoms with Gasteiger partial charge < -0.3 is 4.74 Å². The molecule has 0 saturated heterocycles. The van der Waals surface area contributed by atoms with Gasteiger partial charge in [0.2, 0.25) is 0 Å². The maximum absolute atomic E-state index is 11.9. The van der Waals surface area contributed by atoms with Crippen molar-refractivity contribution in [2.45, 2.75) is 26.7 Å². The van der Waals surface area contributed by atoms with E-state index in [1.54, 1.807) is 25.6 Å². The molecule has 3 heteroatoms. The summed E-state index contributed by atoms with van der Waals surface area (Å²) in [4.78, 5) is 15.9. The second-order valence-corrected chi connectivity index (χ2v) is 3.67. The number of Topliss-reactive ketones (excluding diaryl/α,β-unsaturated/α-hetero) is 1. The van der Waals surface area contributed by atoms with Crippen molar-refractivity contribution in [2.75, 3.05) is 7.11 Å². The molecule has 1 aromatic rings. The summed E-state index contributed by atoms with van der Waals surface area (Å²) >= 11 is 0. The SMILES string of the molecule is CCCC(C)C(=O)c1cncc(OC)c1. The number of hydrogen-bond donors (Lipinski definition) is 0. The van der Waals surface area contributed by atoms with E-state index in [4.69, 9.17) is 4.74 Å². The van der Waals surface area contributed by atoms with Crippen molar-refractivity contribution in [3.63, 3.8) is 0 Å². The zero-order valence-electron chi connectivity index (χ0n) is 9.49. The Balaban J connectivity index is 2.81. The van der Waals surface area contributed by atoms with E-state index in [0.29, 0.717) is 11.3 Å². The van der Waals surface area contributed by atoms with Crippen LogP contribution in [0.1, 0.15) is 37.0 Å². The third-order valence-electron chi connectivity index (χ3n) is 2.40. The Hall–Kier alpha value is -1.38. The first-order valence-corrected chi connectivity index (χ1v) is 5.22. The van der Waals surface area contributed by atoms with Crippen molar-refractivity contribution in [1.82, 2.24) is 4.98 Å². The number of hydrogen-bond acceptors (Lipinski definition) is 3. The summed E-state index contributed by atoms with van der Waals surface area (Å²) in [6.45, 7) is 4.03. The summed E-state index contributed by atoms with van der Waals surface area (Å²) in [6, 6.07) is 1.74. The fraction of sp³-hybridized carbons (Fsp3) is 0.500. The van der Waals surface area contributed by atoms with Crippen LogP contribution in [0.2, 0.25) is 0 Å². The van der Waals surface area contributed by atoms with Crippen molar-refractivity contribution >= 4 is 5.78 Å². The van der Waals surface area contributed by atoms with Gasteiger partial charge in [0.05, 0.1) is 13.3 Å². The van der Waals surface area contributed by atoms with Gasteiger partial charge in [-0.15, -0.1) is 0 Å². The number of carbonyl (C=O) groups excluding carboxylic acids is 1. The minimum Gasteiger partial charge on any atom is -0.495 e. The van der Waals surface area contributed by atoms with Crippen LogP contribution in [-0.2, 0) is 0 Å². The molecule has 0 aromatic carbocycles. The molecule has 0 bridgehead atoms. The molecule has 1 unspecified atom stereocenters. The van der Waals surface area contributed by atoms with Crippen LogP contribution in [0, 0.1) is 5.92 Å². The molecule has 1 aromatic heterocycles. The van der Waals surface area contributed by atoms with Crippen molar-refractivity contribution in [1.29, 1.82) is 0 Å². The summed E-state index contributed by atoms with van der Waals surface area (Å²) in [6.07, 6.45) is 5.12. The maximum atomic E-state index is 11.9. The van der Waals surface area contributed by atoms with Crippen molar-refractivity contribution in [2.24, 2.45) is 5.92 Å². The first-order valence-electron chi connectivity index (χ1n) is 5.22. The Morgan fingerprint density at radius 3 is 2.87 bits per heavy atom. The fourth-order valence-corrected chi connectivity index (χ4v) is 1.51. The van der Waals surface area contributed by atoms with E-state index in [1.165, 1.54) is 0 Å². The van der Waals surface area contributed by atoms with Gasteiger partial charge in [-0.05, 0) is 12.5 Å². The van der Waals surface area contributed by atoms with Crippen molar-refractivity contribution in [3.05, 3.63) is 24.0 Å². The van der Waals surface area contributed by atoms with E-state index < -0.39 is 0 Å². The van der Waals surface area contributed by atoms with E-state index >= 15 is 0 Å². The molecule has 15 heavy (non-hydrogen) atoms. The molecule has 0 N–H and O–H groups in total. The normalized spacial score (nSPS) is 12.2.